The number of ether oxygens (including phenoxy) is 4. The zero-order chi connectivity index (χ0) is 90.3. The van der Waals surface area contributed by atoms with Crippen molar-refractivity contribution in [2.75, 3.05) is 64.3 Å². The van der Waals surface area contributed by atoms with Crippen LogP contribution in [0.15, 0.2) is 86.1 Å². The number of nitrogens with two attached hydrogens (primary N) is 2. The topological polar surface area (TPSA) is 579 Å². The number of aliphatic hydroxyl groups is 1. The maximum Gasteiger partial charge on any atom is 0.306 e. The van der Waals surface area contributed by atoms with Crippen LogP contribution in [0.2, 0.25) is 0 Å². The van der Waals surface area contributed by atoms with Crippen LogP contribution in [0, 0.1) is 30.1 Å². The first-order valence-electron chi connectivity index (χ1n) is 39.8. The van der Waals surface area contributed by atoms with Crippen molar-refractivity contribution in [1.82, 2.24) is 83.3 Å². The first-order valence-corrected chi connectivity index (χ1v) is 41.0. The molecule has 0 unspecified atom stereocenters. The molecule has 2 aromatic carbocycles. The van der Waals surface area contributed by atoms with Gasteiger partial charge in [0, 0.05) is 89.8 Å². The summed E-state index contributed by atoms with van der Waals surface area (Å²) < 4.78 is 23.7. The van der Waals surface area contributed by atoms with Gasteiger partial charge in [0.2, 0.25) is 76.8 Å². The molecule has 0 spiro atoms. The number of nitrogens with zero attached hydrogens (tertiary/aromatic N) is 2. The molecule has 5 aromatic rings. The Bertz CT molecular complexity index is 4420. The molecule has 0 radical (unpaired) electrons. The number of aliphatic carboxylic acids is 1. The Balaban J connectivity index is 1.39. The Hall–Kier alpha value is -11.4. The number of thiol groups is 2. The Labute approximate surface area is 717 Å². The molecule has 5 rings (SSSR count). The van der Waals surface area contributed by atoms with Gasteiger partial charge in [0.25, 0.3) is 0 Å². The average molecular weight is 1740 g/mol. The molecule has 41 heteroatoms. The second-order valence-corrected chi connectivity index (χ2v) is 30.8. The number of fused-ring (bicyclic) bond motifs is 2. The van der Waals surface area contributed by atoms with Crippen LogP contribution < -0.4 is 75.3 Å². The third-order valence-electron chi connectivity index (χ3n) is 18.9. The molecular weight excluding hydrogens is 1630 g/mol. The fourth-order valence-corrected chi connectivity index (χ4v) is 13.0. The molecule has 0 saturated heterocycles. The molecule has 0 saturated carbocycles. The number of nitrogens with one attached hydrogen (secondary N) is 14. The van der Waals surface area contributed by atoms with Crippen LogP contribution in [-0.2, 0) is 117 Å². The molecule has 3 heterocycles. The van der Waals surface area contributed by atoms with E-state index in [2.05, 4.69) is 117 Å². The predicted octanol–water partition coefficient (Wildman–Crippen LogP) is -2.19. The summed E-state index contributed by atoms with van der Waals surface area (Å²) in [6, 6.07) is -3.48. The van der Waals surface area contributed by atoms with Crippen molar-refractivity contribution in [3.05, 3.63) is 103 Å². The van der Waals surface area contributed by atoms with Crippen LogP contribution >= 0.6 is 25.3 Å². The van der Waals surface area contributed by atoms with E-state index in [0.29, 0.717) is 52.9 Å². The zero-order valence-electron chi connectivity index (χ0n) is 69.6. The van der Waals surface area contributed by atoms with Gasteiger partial charge in [0.15, 0.2) is 0 Å². The maximum atomic E-state index is 15.1. The number of rotatable bonds is 56. The standard InChI is InChI=1S/C81H116N18O21S2/c1-11-24-117-27-29-119-30-28-118-26-23-99-40-50(53-18-14-16-20-64(53)99)34-60(90-71(106)47(9)88-79(114)62(41-121)95-72(107)54(82)36-66(102)103)75(110)93-61(35-51-38-84-43-87-51)77(112)91-57(31-44(3)4)73(108)86-39-65(101)89-56(21-22-67(104)120-25-12-2)74(109)92-58(32-45(5)6)78(113)97-68(46(7)8)81(116)94-59(33-49-37-85-55-19-15-13-17-52(49)55)76(111)96-63(42-122)80(115)98-69(48(10)100)70(83)105/h1,12-20,37-38,40,43-48,54,56-63,68-69,85,100,121-122H,2,21-36,39,41-42,82H2,3-10H3,(H2,83,105)(H,84,87)(H,86,108)(H,88,114)(H,89,101)(H,90,106)(H,91,112)(H,92,109)(H,93,110)(H,94,116)(H,95,107)(H,96,111)(H,97,113)(H,98,115)(H,102,103)/t47-,48+,54-,56-,57-,58-,59-,60-,61-,62-,63-,68-,69-/m0/s1. The first-order chi connectivity index (χ1) is 58.0. The van der Waals surface area contributed by atoms with E-state index < -0.39 is 199 Å². The third-order valence-corrected chi connectivity index (χ3v) is 19.6. The normalized spacial score (nSPS) is 14.5. The average Bonchev–Trinajstić information content (AvgIpc) is 1.64. The minimum Gasteiger partial charge on any atom is -0.481 e. The molecule has 39 nitrogen and oxygen atoms in total. The molecule has 20 N–H and O–H groups in total. The van der Waals surface area contributed by atoms with Crippen molar-refractivity contribution in [2.45, 2.75) is 192 Å². The van der Waals surface area contributed by atoms with Crippen molar-refractivity contribution in [3.8, 4) is 12.3 Å². The van der Waals surface area contributed by atoms with Crippen LogP contribution in [0.3, 0.4) is 0 Å². The molecule has 122 heavy (non-hydrogen) atoms. The third kappa shape index (κ3) is 33.9. The van der Waals surface area contributed by atoms with Crippen molar-refractivity contribution >= 4 is 136 Å². The summed E-state index contributed by atoms with van der Waals surface area (Å²) in [5, 5.41) is 51.6. The number of terminal acetylenes is 1. The summed E-state index contributed by atoms with van der Waals surface area (Å²) in [5.74, 6) is -14.0. The predicted molar refractivity (Wildman–Crippen MR) is 454 cm³/mol. The minimum atomic E-state index is -1.62. The van der Waals surface area contributed by atoms with Crippen molar-refractivity contribution in [1.29, 1.82) is 0 Å². The van der Waals surface area contributed by atoms with Crippen LogP contribution in [0.25, 0.3) is 21.8 Å². The van der Waals surface area contributed by atoms with E-state index in [1.165, 1.54) is 32.4 Å². The van der Waals surface area contributed by atoms with E-state index >= 15 is 4.79 Å². The van der Waals surface area contributed by atoms with E-state index in [4.69, 9.17) is 36.8 Å². The highest BCUT2D eigenvalue weighted by Gasteiger charge is 2.38. The van der Waals surface area contributed by atoms with Gasteiger partial charge in [-0.15, -0.1) is 6.42 Å². The number of primary amides is 1. The van der Waals surface area contributed by atoms with Gasteiger partial charge in [0.1, 0.15) is 79.7 Å². The zero-order valence-corrected chi connectivity index (χ0v) is 71.3. The second kappa shape index (κ2) is 52.0. The van der Waals surface area contributed by atoms with Crippen LogP contribution in [0.5, 0.6) is 0 Å². The number of amides is 13. The number of benzene rings is 2. The lowest BCUT2D eigenvalue weighted by Crippen LogP contribution is -2.61. The monoisotopic (exact) mass is 1740 g/mol. The number of aromatic amines is 2. The molecule has 0 aliphatic rings. The number of carbonyl (C=O) groups excluding carboxylic acids is 14. The summed E-state index contributed by atoms with van der Waals surface area (Å²) in [6.45, 7) is 17.0. The molecule has 0 aliphatic heterocycles. The molecule has 668 valence electrons. The fraction of sp³-hybridized carbons (Fsp3) is 0.531. The number of carboxylic acids is 1. The van der Waals surface area contributed by atoms with E-state index in [1.54, 1.807) is 96.4 Å². The summed E-state index contributed by atoms with van der Waals surface area (Å²) in [4.78, 5) is 218. The number of para-hydroxylation sites is 2. The molecule has 0 fully saturated rings. The Morgan fingerprint density at radius 2 is 1.09 bits per heavy atom. The SMILES string of the molecule is C#CCOCCOCCOCCn1cc(C[C@H](NC(=O)[C@H](C)NC(=O)[C@H](CS)NC(=O)[C@@H](N)CC(=O)O)C(=O)N[C@@H](Cc2cnc[nH]2)C(=O)N[C@@H](CC(C)C)C(=O)NCC(=O)N[C@@H](CCC(=O)OCC=C)C(=O)N[C@@H](CC(C)C)C(=O)N[C@H](C(=O)N[C@@H](Cc2c[nH]c3ccccc23)C(=O)N[C@@H](CS)C(=O)N[C@H](C(N)=O)[C@@H](C)O)C(C)C)c2ccccc21. The number of carboxylic acid groups (broad SMARTS) is 1. The summed E-state index contributed by atoms with van der Waals surface area (Å²) in [7, 11) is 0. The lowest BCUT2D eigenvalue weighted by atomic mass is 9.98. The van der Waals surface area contributed by atoms with E-state index in [1.807, 2.05) is 10.6 Å². The highest BCUT2D eigenvalue weighted by atomic mass is 32.1. The van der Waals surface area contributed by atoms with E-state index in [9.17, 15) is 77.3 Å². The summed E-state index contributed by atoms with van der Waals surface area (Å²) >= 11 is 8.40. The summed E-state index contributed by atoms with van der Waals surface area (Å²) in [6.07, 6.45) is 8.74. The molecule has 13 atom stereocenters. The molecule has 0 bridgehead atoms. The Morgan fingerprint density at radius 3 is 1.66 bits per heavy atom. The van der Waals surface area contributed by atoms with Crippen LogP contribution in [-0.4, -0.2) is 261 Å². The van der Waals surface area contributed by atoms with Crippen molar-refractivity contribution in [2.24, 2.45) is 29.2 Å². The molecule has 3 aromatic heterocycles. The van der Waals surface area contributed by atoms with Crippen molar-refractivity contribution in [3.63, 3.8) is 0 Å². The molecule has 13 amide bonds. The number of aliphatic hydroxyl groups excluding tert-OH is 1. The van der Waals surface area contributed by atoms with Gasteiger partial charge in [-0.2, -0.15) is 25.3 Å². The number of H-pyrrole nitrogens is 2. The number of hydrogen-bond acceptors (Lipinski definition) is 24. The number of esters is 1. The van der Waals surface area contributed by atoms with Gasteiger partial charge in [0.05, 0.1) is 64.5 Å². The van der Waals surface area contributed by atoms with E-state index in [0.717, 1.165) is 5.52 Å². The second-order valence-electron chi connectivity index (χ2n) is 30.1. The Kier molecular flexibility index (Phi) is 43.1. The fourth-order valence-electron chi connectivity index (χ4n) is 12.5. The molecule has 0 aliphatic carbocycles. The van der Waals surface area contributed by atoms with E-state index in [-0.39, 0.29) is 88.5 Å². The van der Waals surface area contributed by atoms with Crippen molar-refractivity contribution < 1.29 is 101 Å². The highest BCUT2D eigenvalue weighted by molar-refractivity contribution is 7.80. The lowest BCUT2D eigenvalue weighted by molar-refractivity contribution is -0.143. The van der Waals surface area contributed by atoms with Gasteiger partial charge in [-0.05, 0) is 74.1 Å². The summed E-state index contributed by atoms with van der Waals surface area (Å²) in [5.41, 5.74) is 14.0. The number of aromatic nitrogens is 4. The number of carbonyl (C=O) groups is 15. The van der Waals surface area contributed by atoms with Gasteiger partial charge in [-0.1, -0.05) is 96.5 Å². The highest BCUT2D eigenvalue weighted by Crippen LogP contribution is 2.25. The van der Waals surface area contributed by atoms with Crippen LogP contribution in [0.4, 0.5) is 0 Å². The number of hydrogen-bond donors (Lipinski definition) is 20. The first kappa shape index (κ1) is 101. The smallest absolute Gasteiger partial charge is 0.306 e. The number of imidazole rings is 1. The molecular formula is C81H116N18O21S2. The van der Waals surface area contributed by atoms with Gasteiger partial charge >= 0.3 is 11.9 Å². The maximum absolute atomic E-state index is 15.1. The van der Waals surface area contributed by atoms with Gasteiger partial charge in [-0.3, -0.25) is 71.9 Å². The Morgan fingerprint density at radius 1 is 0.582 bits per heavy atom. The van der Waals surface area contributed by atoms with Gasteiger partial charge in [-0.25, -0.2) is 4.98 Å². The largest absolute Gasteiger partial charge is 0.481 e. The minimum absolute atomic E-state index is 0.0620. The van der Waals surface area contributed by atoms with Gasteiger partial charge < -0.3 is 119 Å². The quantitative estimate of drug-likeness (QED) is 0.00646. The van der Waals surface area contributed by atoms with Crippen LogP contribution in [0.1, 0.15) is 104 Å². The lowest BCUT2D eigenvalue weighted by Gasteiger charge is -2.29.